The number of rotatable bonds is 6. The highest BCUT2D eigenvalue weighted by Crippen LogP contribution is 2.50. The molecule has 5 nitrogen and oxygen atoms in total. The van der Waals surface area contributed by atoms with Crippen molar-refractivity contribution in [3.63, 3.8) is 0 Å². The minimum atomic E-state index is -0.184. The Morgan fingerprint density at radius 3 is 2.77 bits per heavy atom. The number of ether oxygens (including phenoxy) is 1. The van der Waals surface area contributed by atoms with E-state index >= 15 is 0 Å². The average Bonchev–Trinajstić information content (AvgIpc) is 2.88. The zero-order valence-electron chi connectivity index (χ0n) is 20.3. The number of likely N-dealkylation sites (tertiary alicyclic amines) is 1. The molecule has 1 amide bonds. The predicted octanol–water partition coefficient (Wildman–Crippen LogP) is 4.90. The lowest BCUT2D eigenvalue weighted by Crippen LogP contribution is -2.61. The normalized spacial score (nSPS) is 26.7. The Kier molecular flexibility index (Phi) is 6.63. The topological polar surface area (TPSA) is 61.8 Å². The summed E-state index contributed by atoms with van der Waals surface area (Å²) < 4.78 is 6.07. The highest BCUT2D eigenvalue weighted by Gasteiger charge is 2.52. The highest BCUT2D eigenvalue weighted by atomic mass is 16.5. The number of phenolic OH excluding ortho intramolecular Hbond substituents is 1. The van der Waals surface area contributed by atoms with E-state index in [4.69, 9.17) is 4.74 Å². The molecule has 1 heterocycles. The number of fused-ring (bicyclic) bond motifs is 2. The zero-order valence-corrected chi connectivity index (χ0v) is 20.3. The summed E-state index contributed by atoms with van der Waals surface area (Å²) in [4.78, 5) is 15.8. The monoisotopic (exact) mass is 470 g/mol. The lowest BCUT2D eigenvalue weighted by Gasteiger charge is -2.55. The molecule has 1 aliphatic heterocycles. The van der Waals surface area contributed by atoms with Crippen LogP contribution in [0.1, 0.15) is 35.2 Å². The largest absolute Gasteiger partial charge is 0.508 e. The summed E-state index contributed by atoms with van der Waals surface area (Å²) in [6, 6.07) is 21.6. The SMILES string of the molecule is C=CCN1CCC2(c3cccc(O)c3)CC(NC(=O)c3ccc4ccccc4c3)CC(OC)C2C1. The summed E-state index contributed by atoms with van der Waals surface area (Å²) in [5.74, 6) is 0.487. The van der Waals surface area contributed by atoms with E-state index in [2.05, 4.69) is 28.9 Å². The van der Waals surface area contributed by atoms with Gasteiger partial charge in [0.2, 0.25) is 0 Å². The van der Waals surface area contributed by atoms with Gasteiger partial charge in [0.1, 0.15) is 5.75 Å². The number of phenols is 1. The molecule has 2 N–H and O–H groups in total. The maximum Gasteiger partial charge on any atom is 0.251 e. The van der Waals surface area contributed by atoms with Crippen molar-refractivity contribution in [2.75, 3.05) is 26.7 Å². The van der Waals surface area contributed by atoms with Gasteiger partial charge in [-0.2, -0.15) is 0 Å². The molecular formula is C30H34N2O3. The first kappa shape index (κ1) is 23.6. The second-order valence-corrected chi connectivity index (χ2v) is 10.1. The van der Waals surface area contributed by atoms with Crippen LogP contribution in [0.15, 0.2) is 79.4 Å². The number of hydrogen-bond acceptors (Lipinski definition) is 4. The number of hydrogen-bond donors (Lipinski definition) is 2. The molecule has 1 saturated heterocycles. The first-order chi connectivity index (χ1) is 17.0. The van der Waals surface area contributed by atoms with E-state index < -0.39 is 0 Å². The van der Waals surface area contributed by atoms with Crippen LogP contribution in [0.25, 0.3) is 10.8 Å². The number of nitrogens with one attached hydrogen (secondary N) is 1. The fourth-order valence-electron chi connectivity index (χ4n) is 6.39. The molecule has 0 spiro atoms. The van der Waals surface area contributed by atoms with E-state index in [1.165, 1.54) is 0 Å². The summed E-state index contributed by atoms with van der Waals surface area (Å²) in [5.41, 5.74) is 1.62. The smallest absolute Gasteiger partial charge is 0.251 e. The number of amides is 1. The molecule has 182 valence electrons. The van der Waals surface area contributed by atoms with Gasteiger partial charge in [-0.05, 0) is 66.4 Å². The van der Waals surface area contributed by atoms with Gasteiger partial charge in [-0.25, -0.2) is 0 Å². The number of benzene rings is 3. The van der Waals surface area contributed by atoms with Crippen LogP contribution in [0.2, 0.25) is 0 Å². The van der Waals surface area contributed by atoms with E-state index in [-0.39, 0.29) is 35.1 Å². The predicted molar refractivity (Wildman–Crippen MR) is 140 cm³/mol. The van der Waals surface area contributed by atoms with Gasteiger partial charge >= 0.3 is 0 Å². The minimum Gasteiger partial charge on any atom is -0.508 e. The Bertz CT molecular complexity index is 1220. The summed E-state index contributed by atoms with van der Waals surface area (Å²) in [7, 11) is 1.78. The van der Waals surface area contributed by atoms with E-state index in [9.17, 15) is 9.90 Å². The van der Waals surface area contributed by atoms with Gasteiger partial charge in [0.15, 0.2) is 0 Å². The van der Waals surface area contributed by atoms with Crippen LogP contribution >= 0.6 is 0 Å². The number of carbonyl (C=O) groups is 1. The zero-order chi connectivity index (χ0) is 24.4. The van der Waals surface area contributed by atoms with Crippen molar-refractivity contribution in [1.82, 2.24) is 10.2 Å². The molecule has 0 radical (unpaired) electrons. The molecule has 2 fully saturated rings. The fraction of sp³-hybridized carbons (Fsp3) is 0.367. The van der Waals surface area contributed by atoms with Crippen molar-refractivity contribution in [3.05, 3.63) is 90.5 Å². The van der Waals surface area contributed by atoms with Crippen LogP contribution in [0.5, 0.6) is 5.75 Å². The molecular weight excluding hydrogens is 436 g/mol. The van der Waals surface area contributed by atoms with E-state index in [1.54, 1.807) is 13.2 Å². The van der Waals surface area contributed by atoms with Gasteiger partial charge in [0.25, 0.3) is 5.91 Å². The summed E-state index contributed by atoms with van der Waals surface area (Å²) in [6.45, 7) is 6.63. The summed E-state index contributed by atoms with van der Waals surface area (Å²) in [5, 5.41) is 15.8. The molecule has 2 aliphatic rings. The molecule has 3 aromatic carbocycles. The fourth-order valence-corrected chi connectivity index (χ4v) is 6.39. The molecule has 0 aromatic heterocycles. The van der Waals surface area contributed by atoms with Crippen molar-refractivity contribution in [3.8, 4) is 5.75 Å². The van der Waals surface area contributed by atoms with Gasteiger partial charge in [-0.1, -0.05) is 48.5 Å². The molecule has 4 atom stereocenters. The van der Waals surface area contributed by atoms with Crippen LogP contribution < -0.4 is 5.32 Å². The third-order valence-corrected chi connectivity index (χ3v) is 8.07. The maximum atomic E-state index is 13.3. The van der Waals surface area contributed by atoms with Gasteiger partial charge < -0.3 is 15.2 Å². The number of carbonyl (C=O) groups excluding carboxylic acids is 1. The Balaban J connectivity index is 1.45. The molecule has 3 aromatic rings. The van der Waals surface area contributed by atoms with E-state index in [0.717, 1.165) is 55.2 Å². The number of nitrogens with zero attached hydrogens (tertiary/aromatic N) is 1. The van der Waals surface area contributed by atoms with Gasteiger partial charge in [0, 0.05) is 43.1 Å². The molecule has 35 heavy (non-hydrogen) atoms. The molecule has 1 aliphatic carbocycles. The van der Waals surface area contributed by atoms with Crippen molar-refractivity contribution in [2.45, 2.75) is 36.8 Å². The lowest BCUT2D eigenvalue weighted by molar-refractivity contribution is -0.0653. The standard InChI is InChI=1S/C30H34N2O3/c1-3-14-32-15-13-30(24-9-6-10-26(33)17-24)19-25(18-28(35-2)27(30)20-32)31-29(34)23-12-11-21-7-4-5-8-22(21)16-23/h3-12,16-17,25,27-28,33H,1,13-15,18-20H2,2H3,(H,31,34). The number of aromatic hydroxyl groups is 1. The highest BCUT2D eigenvalue weighted by molar-refractivity contribution is 5.98. The number of methoxy groups -OCH3 is 1. The summed E-state index contributed by atoms with van der Waals surface area (Å²) >= 11 is 0. The first-order valence-corrected chi connectivity index (χ1v) is 12.5. The van der Waals surface area contributed by atoms with Gasteiger partial charge in [-0.3, -0.25) is 9.69 Å². The van der Waals surface area contributed by atoms with Crippen LogP contribution in [0.3, 0.4) is 0 Å². The molecule has 1 saturated carbocycles. The van der Waals surface area contributed by atoms with Crippen molar-refractivity contribution in [1.29, 1.82) is 0 Å². The first-order valence-electron chi connectivity index (χ1n) is 12.5. The van der Waals surface area contributed by atoms with Crippen LogP contribution in [0, 0.1) is 5.92 Å². The Labute approximate surface area is 207 Å². The van der Waals surface area contributed by atoms with Crippen molar-refractivity contribution >= 4 is 16.7 Å². The average molecular weight is 471 g/mol. The molecule has 4 unspecified atom stereocenters. The molecule has 0 bridgehead atoms. The maximum absolute atomic E-state index is 13.3. The minimum absolute atomic E-state index is 0.000572. The van der Waals surface area contributed by atoms with E-state index in [1.807, 2.05) is 54.6 Å². The van der Waals surface area contributed by atoms with E-state index in [0.29, 0.717) is 5.56 Å². The number of piperidine rings is 1. The van der Waals surface area contributed by atoms with Crippen LogP contribution in [-0.2, 0) is 10.2 Å². The Morgan fingerprint density at radius 1 is 1.17 bits per heavy atom. The van der Waals surface area contributed by atoms with Crippen molar-refractivity contribution in [2.24, 2.45) is 5.92 Å². The van der Waals surface area contributed by atoms with Crippen LogP contribution in [0.4, 0.5) is 0 Å². The van der Waals surface area contributed by atoms with Gasteiger partial charge in [0.05, 0.1) is 6.10 Å². The summed E-state index contributed by atoms with van der Waals surface area (Å²) in [6.07, 6.45) is 4.49. The van der Waals surface area contributed by atoms with Gasteiger partial charge in [-0.15, -0.1) is 6.58 Å². The quantitative estimate of drug-likeness (QED) is 0.503. The second-order valence-electron chi connectivity index (χ2n) is 10.1. The molecule has 5 heteroatoms. The third-order valence-electron chi connectivity index (χ3n) is 8.07. The van der Waals surface area contributed by atoms with Crippen LogP contribution in [-0.4, -0.2) is 54.8 Å². The Morgan fingerprint density at radius 2 is 2.00 bits per heavy atom. The van der Waals surface area contributed by atoms with Crippen molar-refractivity contribution < 1.29 is 14.6 Å². The Hall–Kier alpha value is -3.15. The lowest BCUT2D eigenvalue weighted by atomic mass is 9.57. The third kappa shape index (κ3) is 4.58. The second kappa shape index (κ2) is 9.84. The molecule has 5 rings (SSSR count).